The Hall–Kier alpha value is -2.47. The van der Waals surface area contributed by atoms with Crippen LogP contribution in [-0.4, -0.2) is 11.9 Å². The van der Waals surface area contributed by atoms with Crippen LogP contribution < -0.4 is 15.8 Å². The summed E-state index contributed by atoms with van der Waals surface area (Å²) in [6.45, 7) is 1.90. The molecule has 1 unspecified atom stereocenters. The molecule has 0 saturated heterocycles. The van der Waals surface area contributed by atoms with Crippen LogP contribution >= 0.6 is 0 Å². The zero-order valence-electron chi connectivity index (χ0n) is 12.7. The van der Waals surface area contributed by atoms with E-state index in [1.165, 1.54) is 18.2 Å². The predicted molar refractivity (Wildman–Crippen MR) is 82.6 cm³/mol. The van der Waals surface area contributed by atoms with Crippen LogP contribution in [0.2, 0.25) is 0 Å². The molecule has 6 heteroatoms. The first kappa shape index (κ1) is 16.9. The van der Waals surface area contributed by atoms with Gasteiger partial charge in [0.05, 0.1) is 6.04 Å². The normalized spacial score (nSPS) is 12.0. The number of primary amides is 1. The van der Waals surface area contributed by atoms with Gasteiger partial charge in [-0.3, -0.25) is 4.79 Å². The molecule has 0 fully saturated rings. The fourth-order valence-electron chi connectivity index (χ4n) is 1.91. The minimum absolute atomic E-state index is 0.0271. The molecule has 2 rings (SSSR count). The van der Waals surface area contributed by atoms with Crippen molar-refractivity contribution >= 4 is 5.91 Å². The van der Waals surface area contributed by atoms with Crippen LogP contribution in [0.25, 0.3) is 0 Å². The van der Waals surface area contributed by atoms with E-state index in [9.17, 15) is 13.6 Å². The van der Waals surface area contributed by atoms with Crippen LogP contribution in [0.5, 0.6) is 5.75 Å². The summed E-state index contributed by atoms with van der Waals surface area (Å²) < 4.78 is 32.7. The van der Waals surface area contributed by atoms with E-state index >= 15 is 0 Å². The maximum Gasteiger partial charge on any atom is 0.234 e. The minimum Gasteiger partial charge on any atom is -0.486 e. The molecular weight excluding hydrogens is 302 g/mol. The van der Waals surface area contributed by atoms with E-state index in [0.29, 0.717) is 12.1 Å². The Morgan fingerprint density at radius 3 is 2.65 bits per heavy atom. The lowest BCUT2D eigenvalue weighted by Crippen LogP contribution is -2.38. The Labute approximate surface area is 133 Å². The fraction of sp³-hybridized carbons (Fsp3) is 0.235. The summed E-state index contributed by atoms with van der Waals surface area (Å²) in [5, 5.41) is 2.92. The lowest BCUT2D eigenvalue weighted by Gasteiger charge is -2.12. The van der Waals surface area contributed by atoms with Crippen LogP contribution in [-0.2, 0) is 17.9 Å². The van der Waals surface area contributed by atoms with Crippen molar-refractivity contribution in [2.24, 2.45) is 5.73 Å². The topological polar surface area (TPSA) is 64.3 Å². The first-order valence-electron chi connectivity index (χ1n) is 7.14. The second-order valence-electron chi connectivity index (χ2n) is 5.15. The number of rotatable bonds is 7. The molecule has 0 radical (unpaired) electrons. The number of benzene rings is 2. The van der Waals surface area contributed by atoms with Gasteiger partial charge < -0.3 is 15.8 Å². The van der Waals surface area contributed by atoms with Crippen molar-refractivity contribution in [2.45, 2.75) is 26.1 Å². The second-order valence-corrected chi connectivity index (χ2v) is 5.15. The van der Waals surface area contributed by atoms with Gasteiger partial charge in [0, 0.05) is 12.1 Å². The lowest BCUT2D eigenvalue weighted by molar-refractivity contribution is -0.119. The summed E-state index contributed by atoms with van der Waals surface area (Å²) >= 11 is 0. The van der Waals surface area contributed by atoms with Gasteiger partial charge in [0.15, 0.2) is 11.6 Å². The minimum atomic E-state index is -0.534. The molecule has 1 amide bonds. The zero-order valence-corrected chi connectivity index (χ0v) is 12.7. The molecule has 4 nitrogen and oxygen atoms in total. The van der Waals surface area contributed by atoms with Gasteiger partial charge >= 0.3 is 0 Å². The Kier molecular flexibility index (Phi) is 5.65. The molecule has 1 atom stereocenters. The maximum absolute atomic E-state index is 13.8. The molecule has 3 N–H and O–H groups in total. The monoisotopic (exact) mass is 320 g/mol. The summed E-state index contributed by atoms with van der Waals surface area (Å²) in [4.78, 5) is 11.0. The van der Waals surface area contributed by atoms with Gasteiger partial charge in [0.25, 0.3) is 0 Å². The fourth-order valence-corrected chi connectivity index (χ4v) is 1.91. The predicted octanol–water partition coefficient (Wildman–Crippen LogP) is 2.51. The molecule has 0 aliphatic heterocycles. The molecule has 2 aromatic carbocycles. The maximum atomic E-state index is 13.8. The molecule has 0 spiro atoms. The number of nitrogens with two attached hydrogens (primary N) is 1. The summed E-state index contributed by atoms with van der Waals surface area (Å²) in [7, 11) is 0. The number of amides is 1. The van der Waals surface area contributed by atoms with Crippen molar-refractivity contribution < 1.29 is 18.3 Å². The highest BCUT2D eigenvalue weighted by atomic mass is 19.1. The summed E-state index contributed by atoms with van der Waals surface area (Å²) in [6, 6.07) is 10.0. The molecule has 0 aliphatic rings. The number of ether oxygens (including phenoxy) is 1. The Balaban J connectivity index is 2.03. The molecule has 23 heavy (non-hydrogen) atoms. The number of hydrogen-bond donors (Lipinski definition) is 2. The van der Waals surface area contributed by atoms with Crippen LogP contribution in [0, 0.1) is 11.6 Å². The van der Waals surface area contributed by atoms with E-state index in [2.05, 4.69) is 5.32 Å². The van der Waals surface area contributed by atoms with Crippen molar-refractivity contribution in [3.8, 4) is 5.75 Å². The molecule has 0 aromatic heterocycles. The standard InChI is InChI=1S/C17H18F2N2O2/c1-11(17(20)22)21-9-12-6-7-15(19)16(8-12)23-10-13-4-2-3-5-14(13)18/h2-8,11,21H,9-10H2,1H3,(H2,20,22). The van der Waals surface area contributed by atoms with Crippen molar-refractivity contribution in [2.75, 3.05) is 0 Å². The van der Waals surface area contributed by atoms with E-state index < -0.39 is 23.6 Å². The number of hydrogen-bond acceptors (Lipinski definition) is 3. The van der Waals surface area contributed by atoms with Gasteiger partial charge in [-0.1, -0.05) is 24.3 Å². The van der Waals surface area contributed by atoms with Crippen LogP contribution in [0.15, 0.2) is 42.5 Å². The van der Waals surface area contributed by atoms with Gasteiger partial charge in [-0.15, -0.1) is 0 Å². The molecule has 0 saturated carbocycles. The zero-order chi connectivity index (χ0) is 16.8. The van der Waals surface area contributed by atoms with Crippen molar-refractivity contribution in [1.29, 1.82) is 0 Å². The van der Waals surface area contributed by atoms with Crippen molar-refractivity contribution in [3.63, 3.8) is 0 Å². The first-order valence-corrected chi connectivity index (χ1v) is 7.14. The first-order chi connectivity index (χ1) is 11.0. The highest BCUT2D eigenvalue weighted by molar-refractivity contribution is 5.79. The molecule has 0 aliphatic carbocycles. The van der Waals surface area contributed by atoms with Crippen LogP contribution in [0.3, 0.4) is 0 Å². The van der Waals surface area contributed by atoms with E-state index in [1.54, 1.807) is 31.2 Å². The summed E-state index contributed by atoms with van der Waals surface area (Å²) in [5.41, 5.74) is 6.23. The van der Waals surface area contributed by atoms with E-state index in [-0.39, 0.29) is 12.4 Å². The van der Waals surface area contributed by atoms with Gasteiger partial charge in [-0.2, -0.15) is 0 Å². The third-order valence-corrected chi connectivity index (χ3v) is 3.38. The molecule has 0 bridgehead atoms. The summed E-state index contributed by atoms with van der Waals surface area (Å²) in [5.74, 6) is -1.38. The molecule has 0 heterocycles. The van der Waals surface area contributed by atoms with E-state index in [4.69, 9.17) is 10.5 Å². The average molecular weight is 320 g/mol. The highest BCUT2D eigenvalue weighted by Crippen LogP contribution is 2.21. The highest BCUT2D eigenvalue weighted by Gasteiger charge is 2.10. The Morgan fingerprint density at radius 2 is 1.96 bits per heavy atom. The largest absolute Gasteiger partial charge is 0.486 e. The third-order valence-electron chi connectivity index (χ3n) is 3.38. The number of carbonyl (C=O) groups excluding carboxylic acids is 1. The quantitative estimate of drug-likeness (QED) is 0.824. The third kappa shape index (κ3) is 4.75. The smallest absolute Gasteiger partial charge is 0.234 e. The Morgan fingerprint density at radius 1 is 1.22 bits per heavy atom. The van der Waals surface area contributed by atoms with Gasteiger partial charge in [0.1, 0.15) is 12.4 Å². The van der Waals surface area contributed by atoms with E-state index in [0.717, 1.165) is 5.56 Å². The number of halogens is 2. The summed E-state index contributed by atoms with van der Waals surface area (Å²) in [6.07, 6.45) is 0. The molecule has 2 aromatic rings. The van der Waals surface area contributed by atoms with Crippen molar-refractivity contribution in [1.82, 2.24) is 5.32 Å². The lowest BCUT2D eigenvalue weighted by atomic mass is 10.2. The van der Waals surface area contributed by atoms with Crippen LogP contribution in [0.4, 0.5) is 8.78 Å². The second kappa shape index (κ2) is 7.69. The van der Waals surface area contributed by atoms with E-state index in [1.807, 2.05) is 0 Å². The number of nitrogens with one attached hydrogen (secondary N) is 1. The average Bonchev–Trinajstić information content (AvgIpc) is 2.53. The van der Waals surface area contributed by atoms with Crippen LogP contribution in [0.1, 0.15) is 18.1 Å². The SMILES string of the molecule is CC(NCc1ccc(F)c(OCc2ccccc2F)c1)C(N)=O. The number of carbonyl (C=O) groups is 1. The van der Waals surface area contributed by atoms with Gasteiger partial charge in [-0.25, -0.2) is 8.78 Å². The van der Waals surface area contributed by atoms with Crippen molar-refractivity contribution in [3.05, 3.63) is 65.2 Å². The van der Waals surface area contributed by atoms with Gasteiger partial charge in [0.2, 0.25) is 5.91 Å². The molecular formula is C17H18F2N2O2. The molecule has 122 valence electrons. The Bertz CT molecular complexity index is 692. The van der Waals surface area contributed by atoms with Gasteiger partial charge in [-0.05, 0) is 30.7 Å².